The molecule has 0 saturated heterocycles. The summed E-state index contributed by atoms with van der Waals surface area (Å²) in [6, 6.07) is 11.7. The van der Waals surface area contributed by atoms with E-state index in [-0.39, 0.29) is 12.2 Å². The number of hydrogen-bond donors (Lipinski definition) is 1. The van der Waals surface area contributed by atoms with E-state index in [1.807, 2.05) is 0 Å². The van der Waals surface area contributed by atoms with Crippen LogP contribution >= 0.6 is 23.2 Å². The van der Waals surface area contributed by atoms with Gasteiger partial charge in [-0.25, -0.2) is 9.67 Å². The molecule has 0 unspecified atom stereocenters. The van der Waals surface area contributed by atoms with Crippen molar-refractivity contribution in [1.29, 1.82) is 0 Å². The summed E-state index contributed by atoms with van der Waals surface area (Å²) >= 11 is 11.9. The van der Waals surface area contributed by atoms with Crippen LogP contribution in [0, 0.1) is 0 Å². The molecule has 0 aliphatic heterocycles. The molecule has 112 valence electrons. The van der Waals surface area contributed by atoms with E-state index >= 15 is 0 Å². The van der Waals surface area contributed by atoms with Crippen molar-refractivity contribution in [2.24, 2.45) is 0 Å². The first-order chi connectivity index (χ1) is 10.6. The molecule has 3 aromatic rings. The van der Waals surface area contributed by atoms with Crippen LogP contribution in [-0.2, 0) is 6.61 Å². The molecule has 2 heterocycles. The van der Waals surface area contributed by atoms with E-state index in [1.165, 1.54) is 10.7 Å². The maximum absolute atomic E-state index is 12.0. The summed E-state index contributed by atoms with van der Waals surface area (Å²) in [4.78, 5) is 16.1. The number of pyridine rings is 1. The van der Waals surface area contributed by atoms with Crippen molar-refractivity contribution in [2.75, 3.05) is 0 Å². The van der Waals surface area contributed by atoms with Gasteiger partial charge in [0.2, 0.25) is 0 Å². The summed E-state index contributed by atoms with van der Waals surface area (Å²) in [5.41, 5.74) is 0.404. The SMILES string of the molecule is O=c1cc(COc2ccc(Cl)cc2Cl)[nH]n1-c1ccccn1. The zero-order valence-electron chi connectivity index (χ0n) is 11.3. The highest BCUT2D eigenvalue weighted by Crippen LogP contribution is 2.27. The minimum atomic E-state index is -0.209. The van der Waals surface area contributed by atoms with Crippen LogP contribution in [-0.4, -0.2) is 14.8 Å². The van der Waals surface area contributed by atoms with Gasteiger partial charge < -0.3 is 4.74 Å². The predicted octanol–water partition coefficient (Wildman–Crippen LogP) is 3.45. The van der Waals surface area contributed by atoms with Crippen LogP contribution in [0.15, 0.2) is 53.5 Å². The van der Waals surface area contributed by atoms with Gasteiger partial charge in [-0.3, -0.25) is 9.89 Å². The number of aromatic nitrogens is 3. The molecular formula is C15H11Cl2N3O2. The van der Waals surface area contributed by atoms with Gasteiger partial charge in [-0.2, -0.15) is 0 Å². The average molecular weight is 336 g/mol. The molecule has 5 nitrogen and oxygen atoms in total. The molecule has 0 aliphatic rings. The van der Waals surface area contributed by atoms with Gasteiger partial charge in [0.25, 0.3) is 5.56 Å². The summed E-state index contributed by atoms with van der Waals surface area (Å²) < 4.78 is 6.94. The summed E-state index contributed by atoms with van der Waals surface area (Å²) in [5.74, 6) is 1.01. The fourth-order valence-electron chi connectivity index (χ4n) is 1.92. The van der Waals surface area contributed by atoms with Crippen LogP contribution in [0.25, 0.3) is 5.82 Å². The maximum atomic E-state index is 12.0. The number of rotatable bonds is 4. The molecule has 0 amide bonds. The third-order valence-electron chi connectivity index (χ3n) is 2.93. The monoisotopic (exact) mass is 335 g/mol. The van der Waals surface area contributed by atoms with Crippen LogP contribution in [0.2, 0.25) is 10.0 Å². The lowest BCUT2D eigenvalue weighted by atomic mass is 10.3. The van der Waals surface area contributed by atoms with Crippen LogP contribution in [0.1, 0.15) is 5.69 Å². The van der Waals surface area contributed by atoms with Gasteiger partial charge in [-0.1, -0.05) is 29.3 Å². The highest BCUT2D eigenvalue weighted by atomic mass is 35.5. The van der Waals surface area contributed by atoms with Crippen molar-refractivity contribution >= 4 is 23.2 Å². The van der Waals surface area contributed by atoms with Crippen molar-refractivity contribution in [3.63, 3.8) is 0 Å². The Labute approximate surface area is 136 Å². The Morgan fingerprint density at radius 2 is 2.05 bits per heavy atom. The van der Waals surface area contributed by atoms with Crippen molar-refractivity contribution in [3.8, 4) is 11.6 Å². The molecule has 0 aliphatic carbocycles. The second-order valence-electron chi connectivity index (χ2n) is 4.51. The van der Waals surface area contributed by atoms with Gasteiger partial charge in [0.1, 0.15) is 12.4 Å². The third kappa shape index (κ3) is 3.16. The largest absolute Gasteiger partial charge is 0.486 e. The number of nitrogens with zero attached hydrogens (tertiary/aromatic N) is 2. The van der Waals surface area contributed by atoms with Gasteiger partial charge in [-0.05, 0) is 30.3 Å². The molecule has 0 saturated carbocycles. The topological polar surface area (TPSA) is 59.9 Å². The third-order valence-corrected chi connectivity index (χ3v) is 3.46. The summed E-state index contributed by atoms with van der Waals surface area (Å²) in [5, 5.41) is 3.90. The van der Waals surface area contributed by atoms with Crippen molar-refractivity contribution in [1.82, 2.24) is 14.8 Å². The minimum Gasteiger partial charge on any atom is -0.486 e. The fourth-order valence-corrected chi connectivity index (χ4v) is 2.39. The Balaban J connectivity index is 1.78. The number of hydrogen-bond acceptors (Lipinski definition) is 3. The van der Waals surface area contributed by atoms with Crippen LogP contribution in [0.5, 0.6) is 5.75 Å². The molecule has 0 radical (unpaired) electrons. The van der Waals surface area contributed by atoms with Crippen molar-refractivity contribution in [2.45, 2.75) is 6.61 Å². The highest BCUT2D eigenvalue weighted by molar-refractivity contribution is 6.35. The van der Waals surface area contributed by atoms with E-state index in [1.54, 1.807) is 42.6 Å². The first-order valence-electron chi connectivity index (χ1n) is 6.44. The number of nitrogens with one attached hydrogen (secondary N) is 1. The minimum absolute atomic E-state index is 0.177. The quantitative estimate of drug-likeness (QED) is 0.794. The molecule has 1 N–H and O–H groups in total. The molecule has 3 rings (SSSR count). The molecule has 22 heavy (non-hydrogen) atoms. The second-order valence-corrected chi connectivity index (χ2v) is 5.35. The Hall–Kier alpha value is -2.24. The molecule has 7 heteroatoms. The molecule has 1 aromatic carbocycles. The molecule has 0 atom stereocenters. The molecular weight excluding hydrogens is 325 g/mol. The zero-order valence-corrected chi connectivity index (χ0v) is 12.8. The Morgan fingerprint density at radius 3 is 2.77 bits per heavy atom. The maximum Gasteiger partial charge on any atom is 0.273 e. The van der Waals surface area contributed by atoms with Crippen molar-refractivity contribution < 1.29 is 4.74 Å². The lowest BCUT2D eigenvalue weighted by Crippen LogP contribution is -2.14. The average Bonchev–Trinajstić information content (AvgIpc) is 2.88. The highest BCUT2D eigenvalue weighted by Gasteiger charge is 2.08. The fraction of sp³-hybridized carbons (Fsp3) is 0.0667. The smallest absolute Gasteiger partial charge is 0.273 e. The lowest BCUT2D eigenvalue weighted by Gasteiger charge is -2.07. The predicted molar refractivity (Wildman–Crippen MR) is 85.0 cm³/mol. The number of halogens is 2. The number of aromatic amines is 1. The molecule has 0 bridgehead atoms. The normalized spacial score (nSPS) is 10.6. The van der Waals surface area contributed by atoms with E-state index in [0.29, 0.717) is 27.3 Å². The van der Waals surface area contributed by atoms with E-state index in [0.717, 1.165) is 0 Å². The molecule has 2 aromatic heterocycles. The number of ether oxygens (including phenoxy) is 1. The van der Waals surface area contributed by atoms with Gasteiger partial charge in [0.05, 0.1) is 10.7 Å². The van der Waals surface area contributed by atoms with E-state index in [2.05, 4.69) is 10.1 Å². The zero-order chi connectivity index (χ0) is 15.5. The van der Waals surface area contributed by atoms with Gasteiger partial charge in [0, 0.05) is 17.3 Å². The first kappa shape index (κ1) is 14.7. The first-order valence-corrected chi connectivity index (χ1v) is 7.19. The van der Waals surface area contributed by atoms with Crippen molar-refractivity contribution in [3.05, 3.63) is 74.8 Å². The van der Waals surface area contributed by atoms with Crippen LogP contribution in [0.3, 0.4) is 0 Å². The van der Waals surface area contributed by atoms with Crippen LogP contribution < -0.4 is 10.3 Å². The van der Waals surface area contributed by atoms with Crippen LogP contribution in [0.4, 0.5) is 0 Å². The molecule has 0 fully saturated rings. The summed E-state index contributed by atoms with van der Waals surface area (Å²) in [7, 11) is 0. The molecule has 0 spiro atoms. The number of benzene rings is 1. The summed E-state index contributed by atoms with van der Waals surface area (Å²) in [6.07, 6.45) is 1.62. The van der Waals surface area contributed by atoms with Gasteiger partial charge in [0.15, 0.2) is 5.82 Å². The van der Waals surface area contributed by atoms with E-state index < -0.39 is 0 Å². The Kier molecular flexibility index (Phi) is 4.18. The Morgan fingerprint density at radius 1 is 1.18 bits per heavy atom. The Bertz CT molecular complexity index is 843. The number of H-pyrrole nitrogens is 1. The van der Waals surface area contributed by atoms with E-state index in [9.17, 15) is 4.79 Å². The van der Waals surface area contributed by atoms with Gasteiger partial charge >= 0.3 is 0 Å². The van der Waals surface area contributed by atoms with Gasteiger partial charge in [-0.15, -0.1) is 0 Å². The standard InChI is InChI=1S/C15H11Cl2N3O2/c16-10-4-5-13(12(17)7-10)22-9-11-8-15(21)20(19-11)14-3-1-2-6-18-14/h1-8,19H,9H2. The lowest BCUT2D eigenvalue weighted by molar-refractivity contribution is 0.300. The second kappa shape index (κ2) is 6.25. The summed E-state index contributed by atoms with van der Waals surface area (Å²) in [6.45, 7) is 0.177. The van der Waals surface area contributed by atoms with E-state index in [4.69, 9.17) is 27.9 Å².